The maximum absolute atomic E-state index is 14.9. The molecule has 3 amide bonds. The smallest absolute Gasteiger partial charge is 0.414 e. The monoisotopic (exact) mass is 461 g/mol. The lowest BCUT2D eigenvalue weighted by atomic mass is 10.0. The van der Waals surface area contributed by atoms with Crippen LogP contribution in [-0.2, 0) is 16.1 Å². The molecule has 0 saturated carbocycles. The number of hydrogen-bond donors (Lipinski definition) is 2. The molecule has 0 bridgehead atoms. The summed E-state index contributed by atoms with van der Waals surface area (Å²) in [5.74, 6) is -0.769. The summed E-state index contributed by atoms with van der Waals surface area (Å²) >= 11 is 0. The van der Waals surface area contributed by atoms with E-state index in [-0.39, 0.29) is 38.5 Å². The molecule has 0 radical (unpaired) electrons. The van der Waals surface area contributed by atoms with E-state index in [2.05, 4.69) is 5.32 Å². The summed E-state index contributed by atoms with van der Waals surface area (Å²) in [6.07, 6.45) is -2.14. The van der Waals surface area contributed by atoms with E-state index in [1.807, 2.05) is 0 Å². The fourth-order valence-corrected chi connectivity index (χ4v) is 3.51. The van der Waals surface area contributed by atoms with Gasteiger partial charge < -0.3 is 20.1 Å². The molecule has 1 aliphatic rings. The number of halogens is 2. The fraction of sp³-hybridized carbons (Fsp3) is 0.348. The molecule has 2 aromatic carbocycles. The second-order valence-electron chi connectivity index (χ2n) is 7.66. The van der Waals surface area contributed by atoms with E-state index in [9.17, 15) is 28.3 Å². The number of cyclic esters (lactones) is 1. The van der Waals surface area contributed by atoms with Gasteiger partial charge in [-0.15, -0.1) is 0 Å². The molecule has 0 aliphatic carbocycles. The molecule has 1 fully saturated rings. The summed E-state index contributed by atoms with van der Waals surface area (Å²) in [5, 5.41) is 11.8. The van der Waals surface area contributed by atoms with Crippen LogP contribution in [0, 0.1) is 5.82 Å². The van der Waals surface area contributed by atoms with Crippen LogP contribution >= 0.6 is 0 Å². The van der Waals surface area contributed by atoms with Crippen LogP contribution in [0.1, 0.15) is 18.9 Å². The zero-order valence-electron chi connectivity index (χ0n) is 18.1. The number of nitrogens with zero attached hydrogens (tertiary/aromatic N) is 2. The van der Waals surface area contributed by atoms with Gasteiger partial charge in [-0.1, -0.05) is 24.3 Å². The van der Waals surface area contributed by atoms with Gasteiger partial charge in [0, 0.05) is 25.6 Å². The lowest BCUT2D eigenvalue weighted by Crippen LogP contribution is -2.33. The van der Waals surface area contributed by atoms with Gasteiger partial charge in [0.05, 0.1) is 25.5 Å². The molecule has 2 N–H and O–H groups in total. The first-order chi connectivity index (χ1) is 15.8. The highest BCUT2D eigenvalue weighted by molar-refractivity contribution is 5.90. The highest BCUT2D eigenvalue weighted by atomic mass is 19.1. The summed E-state index contributed by atoms with van der Waals surface area (Å²) in [7, 11) is 0. The van der Waals surface area contributed by atoms with Crippen LogP contribution in [0.4, 0.5) is 24.1 Å². The first-order valence-corrected chi connectivity index (χ1v) is 10.4. The number of carboxylic acid groups (broad SMARTS) is 1. The number of amides is 3. The molecule has 1 heterocycles. The molecule has 1 aliphatic heterocycles. The molecule has 8 nitrogen and oxygen atoms in total. The summed E-state index contributed by atoms with van der Waals surface area (Å²) in [5.41, 5.74) is 1.94. The third-order valence-electron chi connectivity index (χ3n) is 5.19. The van der Waals surface area contributed by atoms with Gasteiger partial charge in [-0.25, -0.2) is 14.0 Å². The van der Waals surface area contributed by atoms with Gasteiger partial charge in [0.2, 0.25) is 5.91 Å². The normalized spacial score (nSPS) is 15.3. The maximum atomic E-state index is 14.9. The Morgan fingerprint density at radius 1 is 1.24 bits per heavy atom. The van der Waals surface area contributed by atoms with Crippen molar-refractivity contribution in [3.05, 3.63) is 53.8 Å². The third kappa shape index (κ3) is 6.18. The van der Waals surface area contributed by atoms with Crippen molar-refractivity contribution in [3.63, 3.8) is 0 Å². The van der Waals surface area contributed by atoms with Crippen LogP contribution in [0.2, 0.25) is 0 Å². The minimum Gasteiger partial charge on any atom is -0.465 e. The standard InChI is InChI=1S/C23H25F2N3O5/c1-15(29)26-12-19-14-28(23(32)33-19)18-7-8-20(21(25)11-18)17-5-3-16(4-6-17)13-27(22(30)31)10-2-9-24/h3-8,11,19H,2,9-10,12-14H2,1H3,(H,26,29)(H,30,31). The van der Waals surface area contributed by atoms with E-state index >= 15 is 0 Å². The van der Waals surface area contributed by atoms with Crippen molar-refractivity contribution >= 4 is 23.8 Å². The van der Waals surface area contributed by atoms with Crippen molar-refractivity contribution in [2.45, 2.75) is 26.0 Å². The van der Waals surface area contributed by atoms with Gasteiger partial charge in [0.1, 0.15) is 11.9 Å². The zero-order valence-corrected chi connectivity index (χ0v) is 18.1. The molecular formula is C23H25F2N3O5. The zero-order chi connectivity index (χ0) is 24.0. The van der Waals surface area contributed by atoms with Crippen LogP contribution in [0.5, 0.6) is 0 Å². The minimum absolute atomic E-state index is 0.0915. The predicted octanol–water partition coefficient (Wildman–Crippen LogP) is 3.79. The molecule has 33 heavy (non-hydrogen) atoms. The van der Waals surface area contributed by atoms with Crippen LogP contribution in [0.15, 0.2) is 42.5 Å². The number of rotatable bonds is 9. The Morgan fingerprint density at radius 3 is 2.58 bits per heavy atom. The summed E-state index contributed by atoms with van der Waals surface area (Å²) in [4.78, 5) is 36.9. The van der Waals surface area contributed by atoms with Gasteiger partial charge >= 0.3 is 12.2 Å². The van der Waals surface area contributed by atoms with Crippen molar-refractivity contribution in [2.75, 3.05) is 31.2 Å². The summed E-state index contributed by atoms with van der Waals surface area (Å²) in [6, 6.07) is 11.1. The summed E-state index contributed by atoms with van der Waals surface area (Å²) in [6.45, 7) is 1.34. The van der Waals surface area contributed by atoms with Crippen molar-refractivity contribution < 1.29 is 33.0 Å². The largest absolute Gasteiger partial charge is 0.465 e. The maximum Gasteiger partial charge on any atom is 0.414 e. The average molecular weight is 461 g/mol. The second kappa shape index (κ2) is 10.8. The molecule has 176 valence electrons. The number of benzene rings is 2. The van der Waals surface area contributed by atoms with E-state index in [0.29, 0.717) is 22.4 Å². The second-order valence-corrected chi connectivity index (χ2v) is 7.66. The Morgan fingerprint density at radius 2 is 1.97 bits per heavy atom. The van der Waals surface area contributed by atoms with Gasteiger partial charge in [0.15, 0.2) is 0 Å². The molecule has 0 spiro atoms. The Balaban J connectivity index is 1.69. The first-order valence-electron chi connectivity index (χ1n) is 10.4. The van der Waals surface area contributed by atoms with E-state index in [4.69, 9.17) is 4.74 Å². The average Bonchev–Trinajstić information content (AvgIpc) is 3.16. The number of ether oxygens (including phenoxy) is 1. The minimum atomic E-state index is -1.13. The first kappa shape index (κ1) is 24.0. The van der Waals surface area contributed by atoms with Crippen molar-refractivity contribution in [2.24, 2.45) is 0 Å². The Hall–Kier alpha value is -3.69. The predicted molar refractivity (Wildman–Crippen MR) is 117 cm³/mol. The molecule has 1 atom stereocenters. The lowest BCUT2D eigenvalue weighted by Gasteiger charge is -2.19. The molecule has 10 heteroatoms. The van der Waals surface area contributed by atoms with Crippen LogP contribution in [0.25, 0.3) is 11.1 Å². The number of hydrogen-bond acceptors (Lipinski definition) is 4. The fourth-order valence-electron chi connectivity index (χ4n) is 3.51. The molecule has 0 aromatic heterocycles. The van der Waals surface area contributed by atoms with E-state index in [1.54, 1.807) is 36.4 Å². The molecule has 3 rings (SSSR count). The molecule has 1 unspecified atom stereocenters. The number of anilines is 1. The quantitative estimate of drug-likeness (QED) is 0.592. The molecule has 1 saturated heterocycles. The van der Waals surface area contributed by atoms with Crippen LogP contribution in [0.3, 0.4) is 0 Å². The van der Waals surface area contributed by atoms with Crippen molar-refractivity contribution in [1.29, 1.82) is 0 Å². The van der Waals surface area contributed by atoms with Crippen molar-refractivity contribution in [1.82, 2.24) is 10.2 Å². The van der Waals surface area contributed by atoms with Gasteiger partial charge in [-0.05, 0) is 35.7 Å². The number of carbonyl (C=O) groups is 3. The van der Waals surface area contributed by atoms with Crippen LogP contribution in [-0.4, -0.2) is 60.5 Å². The molecule has 2 aromatic rings. The highest BCUT2D eigenvalue weighted by Crippen LogP contribution is 2.29. The van der Waals surface area contributed by atoms with Gasteiger partial charge in [-0.3, -0.25) is 14.1 Å². The van der Waals surface area contributed by atoms with Gasteiger partial charge in [0.25, 0.3) is 0 Å². The van der Waals surface area contributed by atoms with E-state index in [0.717, 1.165) is 4.90 Å². The Labute approximate surface area is 189 Å². The number of alkyl halides is 1. The number of carbonyl (C=O) groups excluding carboxylic acids is 2. The Kier molecular flexibility index (Phi) is 7.81. The Bertz CT molecular complexity index is 1020. The number of nitrogens with one attached hydrogen (secondary N) is 1. The lowest BCUT2D eigenvalue weighted by molar-refractivity contribution is -0.119. The third-order valence-corrected chi connectivity index (χ3v) is 5.19. The van der Waals surface area contributed by atoms with Crippen molar-refractivity contribution in [3.8, 4) is 11.1 Å². The van der Waals surface area contributed by atoms with E-state index in [1.165, 1.54) is 17.9 Å². The van der Waals surface area contributed by atoms with E-state index < -0.39 is 30.8 Å². The topological polar surface area (TPSA) is 99.2 Å². The summed E-state index contributed by atoms with van der Waals surface area (Å²) < 4.78 is 32.4. The molecular weight excluding hydrogens is 436 g/mol. The van der Waals surface area contributed by atoms with Crippen LogP contribution < -0.4 is 10.2 Å². The SMILES string of the molecule is CC(=O)NCC1CN(c2ccc(-c3ccc(CN(CCCF)C(=O)O)cc3)c(F)c2)C(=O)O1. The van der Waals surface area contributed by atoms with Gasteiger partial charge in [-0.2, -0.15) is 0 Å². The highest BCUT2D eigenvalue weighted by Gasteiger charge is 2.32.